The number of hydrogen-bond donors (Lipinski definition) is 3. The Morgan fingerprint density at radius 3 is 2.35 bits per heavy atom. The Bertz CT molecular complexity index is 1600. The maximum atomic E-state index is 14.1. The number of carbonyl (C=O) groups excluding carboxylic acids is 2. The lowest BCUT2D eigenvalue weighted by atomic mass is 9.87. The van der Waals surface area contributed by atoms with Crippen molar-refractivity contribution < 1.29 is 27.1 Å². The second kappa shape index (κ2) is 9.70. The van der Waals surface area contributed by atoms with Gasteiger partial charge < -0.3 is 15.5 Å². The normalized spacial score (nSPS) is 11.9. The number of nitrogens with two attached hydrogens (primary N) is 1. The minimum absolute atomic E-state index is 0.0281. The number of halogens is 1. The van der Waals surface area contributed by atoms with Crippen LogP contribution >= 0.6 is 0 Å². The number of ether oxygens (including phenoxy) is 1. The van der Waals surface area contributed by atoms with Crippen molar-refractivity contribution in [2.24, 2.45) is 5.73 Å². The van der Waals surface area contributed by atoms with Gasteiger partial charge in [-0.15, -0.1) is 0 Å². The van der Waals surface area contributed by atoms with Crippen molar-refractivity contribution in [3.8, 4) is 11.1 Å². The molecule has 4 aromatic rings. The van der Waals surface area contributed by atoms with Crippen molar-refractivity contribution in [2.75, 3.05) is 11.3 Å². The average Bonchev–Trinajstić information content (AvgIpc) is 3.20. The van der Waals surface area contributed by atoms with Gasteiger partial charge in [-0.3, -0.25) is 9.52 Å². The third kappa shape index (κ3) is 5.64. The first-order valence-corrected chi connectivity index (χ1v) is 12.8. The van der Waals surface area contributed by atoms with E-state index in [4.69, 9.17) is 10.5 Å². The van der Waals surface area contributed by atoms with Crippen LogP contribution in [0.5, 0.6) is 0 Å². The van der Waals surface area contributed by atoms with Crippen LogP contribution in [-0.4, -0.2) is 31.9 Å². The predicted octanol–water partition coefficient (Wildman–Crippen LogP) is 4.71. The van der Waals surface area contributed by atoms with Crippen LogP contribution in [0.1, 0.15) is 36.8 Å². The SMILES string of the molecule is CC(C)(C)c1ccc(S(=O)(=O)Nc2ccc3[nH]c(C(=O)OCC(N)=O)c(-c4cccc(F)c4)c3c2)cc1. The Hall–Kier alpha value is -4.18. The highest BCUT2D eigenvalue weighted by Gasteiger charge is 2.23. The number of anilines is 1. The quantitative estimate of drug-likeness (QED) is 0.302. The second-order valence-corrected chi connectivity index (χ2v) is 11.3. The van der Waals surface area contributed by atoms with Crippen molar-refractivity contribution in [2.45, 2.75) is 31.1 Å². The molecule has 0 radical (unpaired) electrons. The number of carbonyl (C=O) groups is 2. The lowest BCUT2D eigenvalue weighted by molar-refractivity contribution is -0.121. The molecular weight excluding hydrogens is 497 g/mol. The molecule has 4 N–H and O–H groups in total. The molecule has 0 atom stereocenters. The summed E-state index contributed by atoms with van der Waals surface area (Å²) in [6, 6.07) is 16.9. The minimum atomic E-state index is -3.92. The summed E-state index contributed by atoms with van der Waals surface area (Å²) in [6.07, 6.45) is 0. The van der Waals surface area contributed by atoms with E-state index in [-0.39, 0.29) is 21.7 Å². The van der Waals surface area contributed by atoms with Gasteiger partial charge in [0.25, 0.3) is 15.9 Å². The number of aromatic nitrogens is 1. The average molecular weight is 524 g/mol. The highest BCUT2D eigenvalue weighted by atomic mass is 32.2. The van der Waals surface area contributed by atoms with Gasteiger partial charge in [-0.05, 0) is 59.0 Å². The lowest BCUT2D eigenvalue weighted by Crippen LogP contribution is -2.21. The van der Waals surface area contributed by atoms with Crippen LogP contribution in [0, 0.1) is 5.82 Å². The highest BCUT2D eigenvalue weighted by molar-refractivity contribution is 7.92. The Balaban J connectivity index is 1.76. The van der Waals surface area contributed by atoms with Crippen molar-refractivity contribution in [3.05, 3.63) is 83.8 Å². The lowest BCUT2D eigenvalue weighted by Gasteiger charge is -2.19. The molecule has 8 nitrogen and oxygen atoms in total. The molecule has 0 bridgehead atoms. The molecule has 37 heavy (non-hydrogen) atoms. The maximum Gasteiger partial charge on any atom is 0.355 e. The zero-order valence-corrected chi connectivity index (χ0v) is 21.3. The third-order valence-corrected chi connectivity index (χ3v) is 7.14. The number of primary amides is 1. The summed E-state index contributed by atoms with van der Waals surface area (Å²) in [4.78, 5) is 26.8. The van der Waals surface area contributed by atoms with Crippen LogP contribution in [0.15, 0.2) is 71.6 Å². The standard InChI is InChI=1S/C27H26FN3O5S/c1-27(2,3)17-7-10-20(11-8-17)37(34,35)31-19-9-12-22-21(14-19)24(16-5-4-6-18(28)13-16)25(30-22)26(33)36-15-23(29)32/h4-14,30-31H,15H2,1-3H3,(H2,29,32). The van der Waals surface area contributed by atoms with Crippen molar-refractivity contribution in [1.82, 2.24) is 4.98 Å². The third-order valence-electron chi connectivity index (χ3n) is 5.74. The molecule has 10 heteroatoms. The first-order valence-electron chi connectivity index (χ1n) is 11.4. The van der Waals surface area contributed by atoms with Gasteiger partial charge in [0.1, 0.15) is 11.5 Å². The van der Waals surface area contributed by atoms with E-state index in [2.05, 4.69) is 9.71 Å². The molecule has 1 amide bonds. The molecule has 4 rings (SSSR count). The van der Waals surface area contributed by atoms with Crippen LogP contribution < -0.4 is 10.5 Å². The number of sulfonamides is 1. The van der Waals surface area contributed by atoms with Gasteiger partial charge in [0.2, 0.25) is 0 Å². The fraction of sp³-hybridized carbons (Fsp3) is 0.185. The van der Waals surface area contributed by atoms with Crippen molar-refractivity contribution in [3.63, 3.8) is 0 Å². The van der Waals surface area contributed by atoms with Crippen molar-refractivity contribution in [1.29, 1.82) is 0 Å². The Morgan fingerprint density at radius 1 is 1.03 bits per heavy atom. The van der Waals surface area contributed by atoms with Gasteiger partial charge in [-0.1, -0.05) is 45.0 Å². The number of H-pyrrole nitrogens is 1. The number of fused-ring (bicyclic) bond motifs is 1. The molecule has 0 saturated carbocycles. The number of amides is 1. The summed E-state index contributed by atoms with van der Waals surface area (Å²) in [6.45, 7) is 5.48. The molecule has 0 aliphatic carbocycles. The topological polar surface area (TPSA) is 131 Å². The van der Waals surface area contributed by atoms with E-state index in [9.17, 15) is 22.4 Å². The van der Waals surface area contributed by atoms with Crippen molar-refractivity contribution >= 4 is 38.5 Å². The predicted molar refractivity (Wildman–Crippen MR) is 139 cm³/mol. The van der Waals surface area contributed by atoms with Gasteiger partial charge in [0.15, 0.2) is 6.61 Å². The molecule has 3 aromatic carbocycles. The summed E-state index contributed by atoms with van der Waals surface area (Å²) in [7, 11) is -3.92. The van der Waals surface area contributed by atoms with Gasteiger partial charge in [-0.25, -0.2) is 17.6 Å². The van der Waals surface area contributed by atoms with E-state index >= 15 is 0 Å². The molecule has 0 aliphatic rings. The number of nitrogens with one attached hydrogen (secondary N) is 2. The molecule has 0 unspecified atom stereocenters. The second-order valence-electron chi connectivity index (χ2n) is 9.57. The van der Waals surface area contributed by atoms with Crippen LogP contribution in [-0.2, 0) is 25.0 Å². The van der Waals surface area contributed by atoms with Gasteiger partial charge >= 0.3 is 5.97 Å². The highest BCUT2D eigenvalue weighted by Crippen LogP contribution is 2.35. The molecule has 1 heterocycles. The maximum absolute atomic E-state index is 14.1. The Kier molecular flexibility index (Phi) is 6.79. The molecule has 192 valence electrons. The molecule has 0 fully saturated rings. The van der Waals surface area contributed by atoms with E-state index in [0.29, 0.717) is 22.0 Å². The summed E-state index contributed by atoms with van der Waals surface area (Å²) in [5, 5.41) is 0.444. The van der Waals surface area contributed by atoms with Gasteiger partial charge in [0, 0.05) is 22.2 Å². The zero-order chi connectivity index (χ0) is 27.0. The van der Waals surface area contributed by atoms with Crippen LogP contribution in [0.2, 0.25) is 0 Å². The monoisotopic (exact) mass is 523 g/mol. The van der Waals surface area contributed by atoms with E-state index in [1.807, 2.05) is 20.8 Å². The van der Waals surface area contributed by atoms with E-state index < -0.39 is 34.3 Å². The molecule has 0 saturated heterocycles. The molecule has 0 spiro atoms. The number of aromatic amines is 1. The number of benzene rings is 3. The minimum Gasteiger partial charge on any atom is -0.451 e. The number of hydrogen-bond acceptors (Lipinski definition) is 5. The summed E-state index contributed by atoms with van der Waals surface area (Å²) in [5.41, 5.74) is 7.28. The first kappa shape index (κ1) is 25.9. The van der Waals surface area contributed by atoms with E-state index in [1.54, 1.807) is 36.4 Å². The number of esters is 1. The summed E-state index contributed by atoms with van der Waals surface area (Å²) < 4.78 is 47.7. The zero-order valence-electron chi connectivity index (χ0n) is 20.5. The summed E-state index contributed by atoms with van der Waals surface area (Å²) in [5.74, 6) is -2.22. The van der Waals surface area contributed by atoms with Gasteiger partial charge in [-0.2, -0.15) is 0 Å². The molecular formula is C27H26FN3O5S. The first-order chi connectivity index (χ1) is 17.3. The Morgan fingerprint density at radius 2 is 1.73 bits per heavy atom. The van der Waals surface area contributed by atoms with Crippen LogP contribution in [0.25, 0.3) is 22.0 Å². The molecule has 0 aliphatic heterocycles. The smallest absolute Gasteiger partial charge is 0.355 e. The van der Waals surface area contributed by atoms with Gasteiger partial charge in [0.05, 0.1) is 4.90 Å². The van der Waals surface area contributed by atoms with Crippen LogP contribution in [0.3, 0.4) is 0 Å². The Labute approximate surface area is 213 Å². The fourth-order valence-electron chi connectivity index (χ4n) is 3.91. The number of rotatable bonds is 7. The summed E-state index contributed by atoms with van der Waals surface area (Å²) >= 11 is 0. The van der Waals surface area contributed by atoms with Crippen LogP contribution in [0.4, 0.5) is 10.1 Å². The largest absolute Gasteiger partial charge is 0.451 e. The molecule has 1 aromatic heterocycles. The van der Waals surface area contributed by atoms with E-state index in [1.165, 1.54) is 30.3 Å². The van der Waals surface area contributed by atoms with E-state index in [0.717, 1.165) is 5.56 Å². The fourth-order valence-corrected chi connectivity index (χ4v) is 4.96.